The number of hydrogen-bond acceptors (Lipinski definition) is 3. The largest absolute Gasteiger partial charge is 0.398 e. The highest BCUT2D eigenvalue weighted by Gasteiger charge is 2.43. The number of nitrogen functional groups attached to an aromatic ring is 1. The molecule has 1 aliphatic rings. The van der Waals surface area contributed by atoms with E-state index in [-0.39, 0.29) is 13.1 Å². The lowest BCUT2D eigenvalue weighted by Gasteiger charge is -2.38. The van der Waals surface area contributed by atoms with E-state index in [1.54, 1.807) is 23.1 Å². The number of nitriles is 1. The summed E-state index contributed by atoms with van der Waals surface area (Å²) in [4.78, 5) is 1.62. The second-order valence-electron chi connectivity index (χ2n) is 4.03. The first-order valence-electron chi connectivity index (χ1n) is 4.89. The molecule has 16 heavy (non-hydrogen) atoms. The molecule has 3 nitrogen and oxygen atoms in total. The van der Waals surface area contributed by atoms with Crippen LogP contribution in [0, 0.1) is 11.3 Å². The average molecular weight is 223 g/mol. The van der Waals surface area contributed by atoms with Crippen LogP contribution in [0.3, 0.4) is 0 Å². The van der Waals surface area contributed by atoms with Gasteiger partial charge in [-0.15, -0.1) is 0 Å². The van der Waals surface area contributed by atoms with Gasteiger partial charge in [0.05, 0.1) is 24.7 Å². The summed E-state index contributed by atoms with van der Waals surface area (Å²) in [5.74, 6) is -2.55. The maximum Gasteiger partial charge on any atom is 0.272 e. The fourth-order valence-corrected chi connectivity index (χ4v) is 1.77. The predicted molar refractivity (Wildman–Crippen MR) is 55.8 cm³/mol. The Morgan fingerprint density at radius 1 is 1.44 bits per heavy atom. The van der Waals surface area contributed by atoms with Gasteiger partial charge >= 0.3 is 0 Å². The maximum absolute atomic E-state index is 12.6. The standard InChI is InChI=1S/C11H11F2N3/c12-11(13)6-16(7-11)5-9-2-1-8(4-14)3-10(9)15/h1-3H,5-7,15H2. The molecule has 0 saturated carbocycles. The van der Waals surface area contributed by atoms with E-state index in [1.807, 2.05) is 6.07 Å². The van der Waals surface area contributed by atoms with Crippen LogP contribution in [0.1, 0.15) is 11.1 Å². The molecule has 1 fully saturated rings. The number of rotatable bonds is 2. The Labute approximate surface area is 92.1 Å². The smallest absolute Gasteiger partial charge is 0.272 e. The zero-order valence-electron chi connectivity index (χ0n) is 8.58. The van der Waals surface area contributed by atoms with Crippen molar-refractivity contribution in [1.29, 1.82) is 5.26 Å². The molecule has 1 heterocycles. The number of benzene rings is 1. The first-order valence-corrected chi connectivity index (χ1v) is 4.89. The highest BCUT2D eigenvalue weighted by Crippen LogP contribution is 2.29. The Hall–Kier alpha value is -1.67. The van der Waals surface area contributed by atoms with Gasteiger partial charge in [0, 0.05) is 12.2 Å². The van der Waals surface area contributed by atoms with Gasteiger partial charge in [0.15, 0.2) is 0 Å². The van der Waals surface area contributed by atoms with E-state index < -0.39 is 5.92 Å². The first kappa shape index (κ1) is 10.8. The lowest BCUT2D eigenvalue weighted by atomic mass is 10.1. The third-order valence-electron chi connectivity index (χ3n) is 2.58. The van der Waals surface area contributed by atoms with Crippen LogP contribution >= 0.6 is 0 Å². The van der Waals surface area contributed by atoms with Crippen molar-refractivity contribution >= 4 is 5.69 Å². The summed E-state index contributed by atoms with van der Waals surface area (Å²) in [7, 11) is 0. The number of anilines is 1. The van der Waals surface area contributed by atoms with Crippen molar-refractivity contribution in [3.05, 3.63) is 29.3 Å². The van der Waals surface area contributed by atoms with Crippen LogP contribution in [0.4, 0.5) is 14.5 Å². The normalized spacial score (nSPS) is 18.8. The lowest BCUT2D eigenvalue weighted by Crippen LogP contribution is -2.55. The Kier molecular flexibility index (Phi) is 2.52. The molecule has 1 aromatic carbocycles. The molecule has 5 heteroatoms. The molecule has 84 valence electrons. The molecule has 1 aliphatic heterocycles. The zero-order valence-corrected chi connectivity index (χ0v) is 8.58. The van der Waals surface area contributed by atoms with Crippen molar-refractivity contribution in [2.45, 2.75) is 12.5 Å². The van der Waals surface area contributed by atoms with Crippen LogP contribution < -0.4 is 5.73 Å². The van der Waals surface area contributed by atoms with Crippen LogP contribution in [0.15, 0.2) is 18.2 Å². The summed E-state index contributed by atoms with van der Waals surface area (Å²) >= 11 is 0. The van der Waals surface area contributed by atoms with Gasteiger partial charge in [-0.05, 0) is 17.7 Å². The van der Waals surface area contributed by atoms with Crippen molar-refractivity contribution in [3.8, 4) is 6.07 Å². The van der Waals surface area contributed by atoms with Gasteiger partial charge in [-0.25, -0.2) is 8.78 Å². The predicted octanol–water partition coefficient (Wildman–Crippen LogP) is 1.59. The van der Waals surface area contributed by atoms with E-state index in [1.165, 1.54) is 0 Å². The van der Waals surface area contributed by atoms with E-state index in [4.69, 9.17) is 11.0 Å². The molecule has 0 aliphatic carbocycles. The number of likely N-dealkylation sites (tertiary alicyclic amines) is 1. The Morgan fingerprint density at radius 2 is 2.12 bits per heavy atom. The monoisotopic (exact) mass is 223 g/mol. The Bertz CT molecular complexity index is 443. The quantitative estimate of drug-likeness (QED) is 0.774. The van der Waals surface area contributed by atoms with Crippen molar-refractivity contribution in [2.75, 3.05) is 18.8 Å². The minimum atomic E-state index is -2.55. The highest BCUT2D eigenvalue weighted by molar-refractivity contribution is 5.52. The molecule has 0 bridgehead atoms. The summed E-state index contributed by atoms with van der Waals surface area (Å²) in [5, 5.41) is 8.65. The van der Waals surface area contributed by atoms with Crippen LogP contribution in [-0.2, 0) is 6.54 Å². The molecule has 2 rings (SSSR count). The lowest BCUT2D eigenvalue weighted by molar-refractivity contribution is -0.133. The molecule has 0 unspecified atom stereocenters. The van der Waals surface area contributed by atoms with Gasteiger partial charge in [0.25, 0.3) is 5.92 Å². The van der Waals surface area contributed by atoms with Gasteiger partial charge in [-0.3, -0.25) is 4.90 Å². The maximum atomic E-state index is 12.6. The first-order chi connectivity index (χ1) is 7.50. The topological polar surface area (TPSA) is 53.0 Å². The molecule has 1 saturated heterocycles. The number of alkyl halides is 2. The van der Waals surface area contributed by atoms with E-state index >= 15 is 0 Å². The third-order valence-corrected chi connectivity index (χ3v) is 2.58. The van der Waals surface area contributed by atoms with E-state index in [9.17, 15) is 8.78 Å². The summed E-state index contributed by atoms with van der Waals surface area (Å²) in [6.45, 7) is -0.0218. The Morgan fingerprint density at radius 3 is 2.62 bits per heavy atom. The van der Waals surface area contributed by atoms with Gasteiger partial charge in [0.2, 0.25) is 0 Å². The summed E-state index contributed by atoms with van der Waals surface area (Å²) in [6.07, 6.45) is 0. The van der Waals surface area contributed by atoms with Crippen molar-refractivity contribution in [3.63, 3.8) is 0 Å². The van der Waals surface area contributed by atoms with E-state index in [0.717, 1.165) is 5.56 Å². The molecule has 0 aromatic heterocycles. The second-order valence-corrected chi connectivity index (χ2v) is 4.03. The van der Waals surface area contributed by atoms with E-state index in [2.05, 4.69) is 0 Å². The zero-order chi connectivity index (χ0) is 11.8. The highest BCUT2D eigenvalue weighted by atomic mass is 19.3. The van der Waals surface area contributed by atoms with Crippen LogP contribution in [0.5, 0.6) is 0 Å². The van der Waals surface area contributed by atoms with Gasteiger partial charge in [0.1, 0.15) is 0 Å². The molecule has 0 atom stereocenters. The van der Waals surface area contributed by atoms with Gasteiger partial charge in [-0.1, -0.05) is 6.07 Å². The number of hydrogen-bond donors (Lipinski definition) is 1. The van der Waals surface area contributed by atoms with Gasteiger partial charge in [-0.2, -0.15) is 5.26 Å². The van der Waals surface area contributed by atoms with Crippen LogP contribution in [0.25, 0.3) is 0 Å². The van der Waals surface area contributed by atoms with E-state index in [0.29, 0.717) is 17.8 Å². The van der Waals surface area contributed by atoms with Crippen molar-refractivity contribution in [1.82, 2.24) is 4.90 Å². The summed E-state index contributed by atoms with van der Waals surface area (Å²) < 4.78 is 25.2. The Balaban J connectivity index is 2.04. The van der Waals surface area contributed by atoms with Crippen molar-refractivity contribution < 1.29 is 8.78 Å². The van der Waals surface area contributed by atoms with Crippen LogP contribution in [-0.4, -0.2) is 23.9 Å². The minimum absolute atomic E-state index is 0.216. The average Bonchev–Trinajstić information content (AvgIpc) is 2.18. The van der Waals surface area contributed by atoms with Gasteiger partial charge < -0.3 is 5.73 Å². The number of nitrogens with zero attached hydrogens (tertiary/aromatic N) is 2. The molecular formula is C11H11F2N3. The molecular weight excluding hydrogens is 212 g/mol. The fourth-order valence-electron chi connectivity index (χ4n) is 1.77. The van der Waals surface area contributed by atoms with Crippen LogP contribution in [0.2, 0.25) is 0 Å². The SMILES string of the molecule is N#Cc1ccc(CN2CC(F)(F)C2)c(N)c1. The third kappa shape index (κ3) is 2.12. The molecule has 0 spiro atoms. The summed E-state index contributed by atoms with van der Waals surface area (Å²) in [6, 6.07) is 6.89. The summed E-state index contributed by atoms with van der Waals surface area (Å²) in [5.41, 5.74) is 7.48. The molecule has 2 N–H and O–H groups in total. The molecule has 0 radical (unpaired) electrons. The number of halogens is 2. The fraction of sp³-hybridized carbons (Fsp3) is 0.364. The number of nitrogens with two attached hydrogens (primary N) is 1. The van der Waals surface area contributed by atoms with Crippen molar-refractivity contribution in [2.24, 2.45) is 0 Å². The molecule has 1 aromatic rings. The molecule has 0 amide bonds. The minimum Gasteiger partial charge on any atom is -0.398 e. The second kappa shape index (κ2) is 3.72.